The number of benzene rings is 9. The highest BCUT2D eigenvalue weighted by molar-refractivity contribution is 6.16. The van der Waals surface area contributed by atoms with Crippen LogP contribution in [0.2, 0.25) is 0 Å². The maximum atomic E-state index is 7.07. The molecule has 0 radical (unpaired) electrons. The third kappa shape index (κ3) is 5.85. The first-order valence-electron chi connectivity index (χ1n) is 22.4. The second-order valence-corrected chi connectivity index (χ2v) is 17.6. The molecule has 6 nitrogen and oxygen atoms in total. The minimum absolute atomic E-state index is 0.252. The van der Waals surface area contributed by atoms with Crippen LogP contribution in [0.15, 0.2) is 217 Å². The zero-order valence-electron chi connectivity index (χ0n) is 36.4. The van der Waals surface area contributed by atoms with E-state index in [1.54, 1.807) is 0 Å². The summed E-state index contributed by atoms with van der Waals surface area (Å²) in [5.74, 6) is 1.78. The Morgan fingerprint density at radius 1 is 0.379 bits per heavy atom. The smallest absolute Gasteiger partial charge is 0.167 e. The fraction of sp³-hybridized carbons (Fsp3) is 0.0500. The summed E-state index contributed by atoms with van der Waals surface area (Å²) in [6.07, 6.45) is 0. The second-order valence-electron chi connectivity index (χ2n) is 17.6. The van der Waals surface area contributed by atoms with Crippen molar-refractivity contribution in [3.05, 3.63) is 223 Å². The monoisotopic (exact) mass is 847 g/mol. The number of aromatic nitrogens is 4. The van der Waals surface area contributed by atoms with Gasteiger partial charge in [0.25, 0.3) is 0 Å². The van der Waals surface area contributed by atoms with Gasteiger partial charge in [0.05, 0.1) is 28.0 Å². The summed E-state index contributed by atoms with van der Waals surface area (Å²) in [6, 6.07) is 74.9. The van der Waals surface area contributed by atoms with Crippen LogP contribution in [0.4, 0.5) is 17.1 Å². The summed E-state index contributed by atoms with van der Waals surface area (Å²) in [4.78, 5) is 17.5. The zero-order chi connectivity index (χ0) is 43.9. The molecule has 1 aliphatic heterocycles. The Labute approximate surface area is 381 Å². The molecule has 0 fully saturated rings. The van der Waals surface area contributed by atoms with Crippen LogP contribution >= 0.6 is 0 Å². The summed E-state index contributed by atoms with van der Waals surface area (Å²) < 4.78 is 9.50. The van der Waals surface area contributed by atoms with Crippen LogP contribution in [-0.2, 0) is 5.41 Å². The molecule has 13 rings (SSSR count). The quantitative estimate of drug-likeness (QED) is 0.167. The molecule has 0 spiro atoms. The maximum Gasteiger partial charge on any atom is 0.167 e. The summed E-state index contributed by atoms with van der Waals surface area (Å²) in [5.41, 5.74) is 15.6. The van der Waals surface area contributed by atoms with Crippen molar-refractivity contribution in [1.82, 2.24) is 19.5 Å². The largest absolute Gasteiger partial charge is 0.455 e. The van der Waals surface area contributed by atoms with Gasteiger partial charge in [-0.2, -0.15) is 0 Å². The van der Waals surface area contributed by atoms with E-state index in [-0.39, 0.29) is 5.41 Å². The number of rotatable bonds is 6. The first kappa shape index (κ1) is 37.9. The van der Waals surface area contributed by atoms with E-state index in [0.717, 1.165) is 66.6 Å². The fourth-order valence-electron chi connectivity index (χ4n) is 10.2. The summed E-state index contributed by atoms with van der Waals surface area (Å²) in [7, 11) is 0. The van der Waals surface area contributed by atoms with E-state index < -0.39 is 0 Å². The van der Waals surface area contributed by atoms with Crippen molar-refractivity contribution in [3.8, 4) is 51.0 Å². The van der Waals surface area contributed by atoms with Crippen molar-refractivity contribution < 1.29 is 4.42 Å². The van der Waals surface area contributed by atoms with Gasteiger partial charge in [0.2, 0.25) is 0 Å². The predicted octanol–water partition coefficient (Wildman–Crippen LogP) is 15.6. The van der Waals surface area contributed by atoms with E-state index in [2.05, 4.69) is 169 Å². The maximum absolute atomic E-state index is 7.07. The van der Waals surface area contributed by atoms with E-state index in [9.17, 15) is 0 Å². The first-order valence-corrected chi connectivity index (χ1v) is 22.4. The van der Waals surface area contributed by atoms with Crippen molar-refractivity contribution in [2.75, 3.05) is 4.90 Å². The van der Waals surface area contributed by atoms with Gasteiger partial charge in [-0.3, -0.25) is 0 Å². The molecule has 0 aliphatic carbocycles. The average Bonchev–Trinajstić information content (AvgIpc) is 3.92. The molecule has 0 amide bonds. The van der Waals surface area contributed by atoms with Gasteiger partial charge in [-0.15, -0.1) is 0 Å². The lowest BCUT2D eigenvalue weighted by Gasteiger charge is -2.42. The van der Waals surface area contributed by atoms with Crippen molar-refractivity contribution in [3.63, 3.8) is 0 Å². The number of anilines is 3. The minimum atomic E-state index is -0.252. The molecule has 6 heteroatoms. The third-order valence-electron chi connectivity index (χ3n) is 13.4. The molecule has 0 saturated carbocycles. The topological polar surface area (TPSA) is 60.0 Å². The van der Waals surface area contributed by atoms with Crippen molar-refractivity contribution in [1.29, 1.82) is 0 Å². The highest BCUT2D eigenvalue weighted by Crippen LogP contribution is 2.54. The molecule has 0 atom stereocenters. The Bertz CT molecular complexity index is 3780. The van der Waals surface area contributed by atoms with Crippen LogP contribution in [0.25, 0.3) is 94.7 Å². The number of hydrogen-bond acceptors (Lipinski definition) is 5. The van der Waals surface area contributed by atoms with E-state index in [1.807, 2.05) is 66.7 Å². The number of fused-ring (bicyclic) bond motifs is 8. The average molecular weight is 848 g/mol. The molecule has 9 aromatic carbocycles. The molecule has 12 aromatic rings. The number of furan rings is 1. The van der Waals surface area contributed by atoms with Gasteiger partial charge in [-0.25, -0.2) is 15.0 Å². The van der Waals surface area contributed by atoms with Gasteiger partial charge in [-0.1, -0.05) is 166 Å². The molecule has 3 aromatic heterocycles. The highest BCUT2D eigenvalue weighted by atomic mass is 16.3. The molecule has 0 unspecified atom stereocenters. The molecule has 0 N–H and O–H groups in total. The molecule has 1 aliphatic rings. The Kier molecular flexibility index (Phi) is 8.46. The van der Waals surface area contributed by atoms with E-state index in [1.165, 1.54) is 38.8 Å². The fourth-order valence-corrected chi connectivity index (χ4v) is 10.2. The normalized spacial score (nSPS) is 13.1. The van der Waals surface area contributed by atoms with Gasteiger partial charge in [0.1, 0.15) is 11.2 Å². The summed E-state index contributed by atoms with van der Waals surface area (Å²) in [5, 5.41) is 4.39. The molecule has 0 saturated heterocycles. The molecule has 4 heterocycles. The summed E-state index contributed by atoms with van der Waals surface area (Å²) >= 11 is 0. The van der Waals surface area contributed by atoms with Crippen molar-refractivity contribution in [2.24, 2.45) is 0 Å². The van der Waals surface area contributed by atoms with Crippen LogP contribution in [0.5, 0.6) is 0 Å². The summed E-state index contributed by atoms with van der Waals surface area (Å²) in [6.45, 7) is 4.72. The minimum Gasteiger partial charge on any atom is -0.455 e. The van der Waals surface area contributed by atoms with E-state index in [0.29, 0.717) is 17.5 Å². The van der Waals surface area contributed by atoms with Crippen LogP contribution in [0.3, 0.4) is 0 Å². The third-order valence-corrected chi connectivity index (χ3v) is 13.4. The standard InChI is InChI=1S/C60H41N5O/c1-60(2)49-31-15-16-32-52(49)65(42-25-13-6-14-26-42)54-36-48-47-35-40(33-34-51(47)64(53(48)37-50(54)60)41-23-11-5-12-24-41)43-27-17-28-44-45-29-18-30-46(56(45)66-55(43)44)59-62-57(38-19-7-3-8-20-38)61-58(63-59)39-21-9-4-10-22-39/h3-37H,1-2H3. The van der Waals surface area contributed by atoms with E-state index in [4.69, 9.17) is 19.4 Å². The van der Waals surface area contributed by atoms with Gasteiger partial charge in [-0.05, 0) is 77.4 Å². The van der Waals surface area contributed by atoms with Crippen molar-refractivity contribution >= 4 is 60.8 Å². The van der Waals surface area contributed by atoms with Gasteiger partial charge >= 0.3 is 0 Å². The lowest BCUT2D eigenvalue weighted by atomic mass is 9.73. The lowest BCUT2D eigenvalue weighted by molar-refractivity contribution is 0.632. The van der Waals surface area contributed by atoms with Crippen LogP contribution in [0, 0.1) is 0 Å². The van der Waals surface area contributed by atoms with Crippen LogP contribution in [-0.4, -0.2) is 19.5 Å². The Balaban J connectivity index is 1.03. The van der Waals surface area contributed by atoms with E-state index >= 15 is 0 Å². The Morgan fingerprint density at radius 3 is 1.59 bits per heavy atom. The number of hydrogen-bond donors (Lipinski definition) is 0. The molecule has 312 valence electrons. The van der Waals surface area contributed by atoms with Gasteiger partial charge in [0.15, 0.2) is 17.5 Å². The SMILES string of the molecule is CC1(C)c2ccccc2N(c2ccccc2)c2cc3c4cc(-c5cccc6c5oc5c(-c7nc(-c8ccccc8)nc(-c8ccccc8)n7)cccc56)ccc4n(-c4ccccc4)c3cc21. The second kappa shape index (κ2) is 14.7. The highest BCUT2D eigenvalue weighted by Gasteiger charge is 2.38. The number of nitrogens with zero attached hydrogens (tertiary/aromatic N) is 5. The predicted molar refractivity (Wildman–Crippen MR) is 270 cm³/mol. The van der Waals surface area contributed by atoms with Gasteiger partial charge in [0, 0.05) is 55.0 Å². The number of para-hydroxylation sites is 5. The Morgan fingerprint density at radius 2 is 0.924 bits per heavy atom. The lowest BCUT2D eigenvalue weighted by Crippen LogP contribution is -2.30. The van der Waals surface area contributed by atoms with Crippen LogP contribution < -0.4 is 4.90 Å². The Hall–Kier alpha value is -8.61. The molecule has 66 heavy (non-hydrogen) atoms. The molecular weight excluding hydrogens is 807 g/mol. The van der Waals surface area contributed by atoms with Crippen LogP contribution in [0.1, 0.15) is 25.0 Å². The van der Waals surface area contributed by atoms with Crippen molar-refractivity contribution in [2.45, 2.75) is 19.3 Å². The molecular formula is C60H41N5O. The first-order chi connectivity index (χ1) is 32.5. The zero-order valence-corrected chi connectivity index (χ0v) is 36.4. The molecule has 0 bridgehead atoms. The van der Waals surface area contributed by atoms with Gasteiger partial charge < -0.3 is 13.9 Å².